The number of amidine groups is 1. The van der Waals surface area contributed by atoms with E-state index < -0.39 is 5.41 Å². The zero-order valence-corrected chi connectivity index (χ0v) is 10.3. The predicted molar refractivity (Wildman–Crippen MR) is 64.7 cm³/mol. The molecule has 2 aliphatic carbocycles. The quantitative estimate of drug-likeness (QED) is 0.298. The van der Waals surface area contributed by atoms with Crippen LogP contribution in [0, 0.1) is 10.8 Å². The fourth-order valence-corrected chi connectivity index (χ4v) is 2.53. The Morgan fingerprint density at radius 3 is 2.41 bits per heavy atom. The summed E-state index contributed by atoms with van der Waals surface area (Å²) >= 11 is 0. The van der Waals surface area contributed by atoms with Crippen LogP contribution in [-0.4, -0.2) is 23.5 Å². The molecular formula is C12H21N3O2. The molecule has 0 radical (unpaired) electrons. The summed E-state index contributed by atoms with van der Waals surface area (Å²) in [5.41, 5.74) is 5.22. The number of amides is 1. The average Bonchev–Trinajstić information content (AvgIpc) is 2.87. The molecule has 5 heteroatoms. The van der Waals surface area contributed by atoms with Crippen LogP contribution in [0.3, 0.4) is 0 Å². The van der Waals surface area contributed by atoms with Crippen LogP contribution in [0.5, 0.6) is 0 Å². The van der Waals surface area contributed by atoms with Crippen molar-refractivity contribution in [2.24, 2.45) is 21.7 Å². The minimum atomic E-state index is -0.764. The summed E-state index contributed by atoms with van der Waals surface area (Å²) in [5, 5.41) is 14.9. The SMILES string of the molecule is CC1(CNC(=O)C2(C(N)=NO)CCCC2)CC1. The van der Waals surface area contributed by atoms with Gasteiger partial charge in [0.15, 0.2) is 5.84 Å². The van der Waals surface area contributed by atoms with Crippen LogP contribution in [0.4, 0.5) is 0 Å². The van der Waals surface area contributed by atoms with Gasteiger partial charge < -0.3 is 16.3 Å². The molecule has 0 atom stereocenters. The number of hydrogen-bond acceptors (Lipinski definition) is 3. The lowest BCUT2D eigenvalue weighted by molar-refractivity contribution is -0.127. The Morgan fingerprint density at radius 2 is 1.94 bits per heavy atom. The van der Waals surface area contributed by atoms with Gasteiger partial charge in [0.1, 0.15) is 5.41 Å². The summed E-state index contributed by atoms with van der Waals surface area (Å²) in [5.74, 6) is -0.00752. The normalized spacial score (nSPS) is 25.6. The molecule has 0 bridgehead atoms. The van der Waals surface area contributed by atoms with Crippen molar-refractivity contribution < 1.29 is 10.0 Å². The molecule has 2 fully saturated rings. The third-order valence-corrected chi connectivity index (χ3v) is 4.27. The maximum Gasteiger partial charge on any atom is 0.233 e. The number of nitrogens with zero attached hydrogens (tertiary/aromatic N) is 1. The molecule has 0 aromatic carbocycles. The summed E-state index contributed by atoms with van der Waals surface area (Å²) in [6.07, 6.45) is 5.63. The van der Waals surface area contributed by atoms with Gasteiger partial charge in [0.2, 0.25) is 5.91 Å². The smallest absolute Gasteiger partial charge is 0.233 e. The average molecular weight is 239 g/mol. The standard InChI is InChI=1S/C12H21N3O2/c1-11(6-7-11)8-14-10(16)12(9(13)15-17)4-2-3-5-12/h17H,2-8H2,1H3,(H2,13,15)(H,14,16). The maximum atomic E-state index is 12.3. The molecule has 5 nitrogen and oxygen atoms in total. The van der Waals surface area contributed by atoms with Crippen LogP contribution < -0.4 is 11.1 Å². The number of carbonyl (C=O) groups is 1. The van der Waals surface area contributed by atoms with Gasteiger partial charge in [-0.25, -0.2) is 0 Å². The highest BCUT2D eigenvalue weighted by atomic mass is 16.4. The molecule has 0 unspecified atom stereocenters. The fourth-order valence-electron chi connectivity index (χ4n) is 2.53. The Morgan fingerprint density at radius 1 is 1.35 bits per heavy atom. The van der Waals surface area contributed by atoms with E-state index in [2.05, 4.69) is 17.4 Å². The summed E-state index contributed by atoms with van der Waals surface area (Å²) in [4.78, 5) is 12.3. The molecule has 0 heterocycles. The number of carbonyl (C=O) groups excluding carboxylic acids is 1. The Hall–Kier alpha value is -1.26. The van der Waals surface area contributed by atoms with Crippen molar-refractivity contribution in [2.75, 3.05) is 6.54 Å². The molecule has 2 aliphatic rings. The second kappa shape index (κ2) is 4.20. The Kier molecular flexibility index (Phi) is 3.02. The first kappa shape index (κ1) is 12.2. The number of oxime groups is 1. The van der Waals surface area contributed by atoms with Crippen molar-refractivity contribution in [3.05, 3.63) is 0 Å². The summed E-state index contributed by atoms with van der Waals surface area (Å²) in [6, 6.07) is 0. The van der Waals surface area contributed by atoms with Gasteiger partial charge in [-0.3, -0.25) is 4.79 Å². The van der Waals surface area contributed by atoms with Crippen molar-refractivity contribution in [2.45, 2.75) is 45.4 Å². The number of rotatable bonds is 4. The van der Waals surface area contributed by atoms with Crippen molar-refractivity contribution >= 4 is 11.7 Å². The van der Waals surface area contributed by atoms with Gasteiger partial charge >= 0.3 is 0 Å². The molecule has 0 aliphatic heterocycles. The van der Waals surface area contributed by atoms with E-state index >= 15 is 0 Å². The van der Waals surface area contributed by atoms with Crippen molar-refractivity contribution in [3.63, 3.8) is 0 Å². The van der Waals surface area contributed by atoms with Crippen LogP contribution in [0.25, 0.3) is 0 Å². The third kappa shape index (κ3) is 2.23. The zero-order chi connectivity index (χ0) is 12.5. The Labute approximate surface area is 101 Å². The highest BCUT2D eigenvalue weighted by Gasteiger charge is 2.46. The first-order valence-electron chi connectivity index (χ1n) is 6.29. The fraction of sp³-hybridized carbons (Fsp3) is 0.833. The lowest BCUT2D eigenvalue weighted by atomic mass is 9.83. The molecule has 4 N–H and O–H groups in total. The van der Waals surface area contributed by atoms with Gasteiger partial charge in [-0.05, 0) is 31.1 Å². The molecule has 2 rings (SSSR count). The molecule has 17 heavy (non-hydrogen) atoms. The minimum Gasteiger partial charge on any atom is -0.409 e. The first-order chi connectivity index (χ1) is 8.02. The highest BCUT2D eigenvalue weighted by Crippen LogP contribution is 2.45. The van der Waals surface area contributed by atoms with Gasteiger partial charge in [-0.1, -0.05) is 24.9 Å². The Balaban J connectivity index is 2.03. The Bertz CT molecular complexity index is 342. The largest absolute Gasteiger partial charge is 0.409 e. The van der Waals surface area contributed by atoms with Gasteiger partial charge in [0.25, 0.3) is 0 Å². The maximum absolute atomic E-state index is 12.3. The van der Waals surface area contributed by atoms with E-state index in [1.54, 1.807) is 0 Å². The van der Waals surface area contributed by atoms with Crippen LogP contribution in [0.2, 0.25) is 0 Å². The first-order valence-corrected chi connectivity index (χ1v) is 6.29. The van der Waals surface area contributed by atoms with E-state index in [1.807, 2.05) is 0 Å². The number of hydrogen-bond donors (Lipinski definition) is 3. The highest BCUT2D eigenvalue weighted by molar-refractivity contribution is 6.07. The monoisotopic (exact) mass is 239 g/mol. The lowest BCUT2D eigenvalue weighted by Gasteiger charge is -2.26. The zero-order valence-electron chi connectivity index (χ0n) is 10.3. The molecular weight excluding hydrogens is 218 g/mol. The molecule has 0 spiro atoms. The van der Waals surface area contributed by atoms with Crippen LogP contribution in [0.15, 0.2) is 5.16 Å². The molecule has 0 saturated heterocycles. The van der Waals surface area contributed by atoms with Crippen LogP contribution in [-0.2, 0) is 4.79 Å². The van der Waals surface area contributed by atoms with Gasteiger partial charge in [-0.15, -0.1) is 0 Å². The van der Waals surface area contributed by atoms with E-state index in [1.165, 1.54) is 12.8 Å². The second-order valence-corrected chi connectivity index (χ2v) is 5.77. The lowest BCUT2D eigenvalue weighted by Crippen LogP contribution is -2.49. The minimum absolute atomic E-state index is 0.0634. The number of nitrogens with two attached hydrogens (primary N) is 1. The molecule has 2 saturated carbocycles. The van der Waals surface area contributed by atoms with Crippen molar-refractivity contribution in [3.8, 4) is 0 Å². The summed E-state index contributed by atoms with van der Waals surface area (Å²) < 4.78 is 0. The second-order valence-electron chi connectivity index (χ2n) is 5.77. The van der Waals surface area contributed by atoms with Crippen molar-refractivity contribution in [1.29, 1.82) is 0 Å². The van der Waals surface area contributed by atoms with Crippen LogP contribution in [0.1, 0.15) is 45.4 Å². The molecule has 0 aromatic heterocycles. The number of nitrogens with one attached hydrogen (secondary N) is 1. The third-order valence-electron chi connectivity index (χ3n) is 4.27. The predicted octanol–water partition coefficient (Wildman–Crippen LogP) is 1.21. The van der Waals surface area contributed by atoms with Gasteiger partial charge in [0, 0.05) is 6.54 Å². The van der Waals surface area contributed by atoms with E-state index in [0.29, 0.717) is 19.4 Å². The van der Waals surface area contributed by atoms with E-state index in [0.717, 1.165) is 12.8 Å². The van der Waals surface area contributed by atoms with Crippen LogP contribution >= 0.6 is 0 Å². The van der Waals surface area contributed by atoms with Gasteiger partial charge in [-0.2, -0.15) is 0 Å². The molecule has 96 valence electrons. The van der Waals surface area contributed by atoms with E-state index in [-0.39, 0.29) is 17.2 Å². The summed E-state index contributed by atoms with van der Waals surface area (Å²) in [6.45, 7) is 2.87. The topological polar surface area (TPSA) is 87.7 Å². The molecule has 1 amide bonds. The summed E-state index contributed by atoms with van der Waals surface area (Å²) in [7, 11) is 0. The molecule has 0 aromatic rings. The van der Waals surface area contributed by atoms with Crippen molar-refractivity contribution in [1.82, 2.24) is 5.32 Å². The van der Waals surface area contributed by atoms with Gasteiger partial charge in [0.05, 0.1) is 0 Å². The van der Waals surface area contributed by atoms with E-state index in [9.17, 15) is 4.79 Å². The van der Waals surface area contributed by atoms with E-state index in [4.69, 9.17) is 10.9 Å².